The molecule has 6 nitrogen and oxygen atoms in total. The third-order valence-electron chi connectivity index (χ3n) is 3.56. The van der Waals surface area contributed by atoms with Crippen LogP contribution in [-0.2, 0) is 14.8 Å². The van der Waals surface area contributed by atoms with Gasteiger partial charge in [0.1, 0.15) is 0 Å². The highest BCUT2D eigenvalue weighted by atomic mass is 32.2. The van der Waals surface area contributed by atoms with E-state index in [-0.39, 0.29) is 23.9 Å². The number of hydrogen-bond donors (Lipinski definition) is 3. The van der Waals surface area contributed by atoms with Gasteiger partial charge in [-0.05, 0) is 38.6 Å². The SMILES string of the molecule is CC(C)(CNC(=O)C1NCCCC1(C)C)NS(C)(=O)=O. The molecule has 1 amide bonds. The van der Waals surface area contributed by atoms with Gasteiger partial charge in [0.15, 0.2) is 0 Å². The van der Waals surface area contributed by atoms with Gasteiger partial charge < -0.3 is 10.6 Å². The van der Waals surface area contributed by atoms with E-state index in [9.17, 15) is 13.2 Å². The number of hydrogen-bond acceptors (Lipinski definition) is 4. The van der Waals surface area contributed by atoms with Crippen LogP contribution in [0.25, 0.3) is 0 Å². The normalized spacial score (nSPS) is 23.4. The molecule has 0 bridgehead atoms. The Morgan fingerprint density at radius 1 is 1.40 bits per heavy atom. The average Bonchev–Trinajstić information content (AvgIpc) is 2.22. The largest absolute Gasteiger partial charge is 0.353 e. The zero-order valence-electron chi connectivity index (χ0n) is 13.0. The number of carbonyl (C=O) groups excluding carboxylic acids is 1. The number of rotatable bonds is 5. The van der Waals surface area contributed by atoms with Gasteiger partial charge in [0.05, 0.1) is 12.3 Å². The minimum absolute atomic E-state index is 0.0712. The lowest BCUT2D eigenvalue weighted by Crippen LogP contribution is -2.58. The molecule has 1 unspecified atom stereocenters. The average molecular weight is 305 g/mol. The summed E-state index contributed by atoms with van der Waals surface area (Å²) in [4.78, 5) is 12.3. The van der Waals surface area contributed by atoms with E-state index in [0.717, 1.165) is 25.6 Å². The number of nitrogens with one attached hydrogen (secondary N) is 3. The van der Waals surface area contributed by atoms with Crippen molar-refractivity contribution in [3.05, 3.63) is 0 Å². The number of sulfonamides is 1. The summed E-state index contributed by atoms with van der Waals surface area (Å²) < 4.78 is 25.0. The molecule has 0 spiro atoms. The first-order valence-corrected chi connectivity index (χ1v) is 8.82. The molecule has 0 saturated carbocycles. The van der Waals surface area contributed by atoms with Gasteiger partial charge in [-0.1, -0.05) is 13.8 Å². The van der Waals surface area contributed by atoms with Crippen LogP contribution in [0, 0.1) is 5.41 Å². The van der Waals surface area contributed by atoms with Gasteiger partial charge in [-0.2, -0.15) is 0 Å². The topological polar surface area (TPSA) is 87.3 Å². The molecule has 1 aliphatic rings. The Hall–Kier alpha value is -0.660. The molecule has 118 valence electrons. The summed E-state index contributed by atoms with van der Waals surface area (Å²) in [6, 6.07) is -0.231. The molecule has 0 aromatic heterocycles. The van der Waals surface area contributed by atoms with Gasteiger partial charge in [0, 0.05) is 12.1 Å². The molecule has 1 saturated heterocycles. The van der Waals surface area contributed by atoms with Gasteiger partial charge in [0.2, 0.25) is 15.9 Å². The summed E-state index contributed by atoms with van der Waals surface area (Å²) >= 11 is 0. The Kier molecular flexibility index (Phi) is 5.21. The number of piperidine rings is 1. The zero-order chi connectivity index (χ0) is 15.6. The highest BCUT2D eigenvalue weighted by Crippen LogP contribution is 2.30. The molecule has 0 aromatic rings. The molecule has 0 aliphatic carbocycles. The van der Waals surface area contributed by atoms with Crippen LogP contribution in [0.1, 0.15) is 40.5 Å². The van der Waals surface area contributed by atoms with Crippen LogP contribution in [-0.4, -0.2) is 45.3 Å². The van der Waals surface area contributed by atoms with Crippen molar-refractivity contribution in [3.8, 4) is 0 Å². The van der Waals surface area contributed by atoms with E-state index in [1.54, 1.807) is 13.8 Å². The monoisotopic (exact) mass is 305 g/mol. The minimum atomic E-state index is -3.29. The van der Waals surface area contributed by atoms with Crippen LogP contribution in [0.4, 0.5) is 0 Å². The smallest absolute Gasteiger partial charge is 0.237 e. The summed E-state index contributed by atoms with van der Waals surface area (Å²) in [6.45, 7) is 8.73. The van der Waals surface area contributed by atoms with Gasteiger partial charge in [0.25, 0.3) is 0 Å². The second kappa shape index (κ2) is 5.99. The molecule has 1 aliphatic heterocycles. The van der Waals surface area contributed by atoms with Crippen LogP contribution in [0.3, 0.4) is 0 Å². The highest BCUT2D eigenvalue weighted by Gasteiger charge is 2.37. The van der Waals surface area contributed by atoms with Crippen LogP contribution in [0.15, 0.2) is 0 Å². The highest BCUT2D eigenvalue weighted by molar-refractivity contribution is 7.88. The van der Waals surface area contributed by atoms with Crippen LogP contribution < -0.4 is 15.4 Å². The summed E-state index contributed by atoms with van der Waals surface area (Å²) in [6.07, 6.45) is 3.18. The Balaban J connectivity index is 2.58. The van der Waals surface area contributed by atoms with Gasteiger partial charge in [-0.25, -0.2) is 13.1 Å². The molecule has 1 fully saturated rings. The number of amides is 1. The van der Waals surface area contributed by atoms with Gasteiger partial charge >= 0.3 is 0 Å². The maximum Gasteiger partial charge on any atom is 0.237 e. The van der Waals surface area contributed by atoms with Gasteiger partial charge in [-0.15, -0.1) is 0 Å². The maximum absolute atomic E-state index is 12.3. The van der Waals surface area contributed by atoms with Crippen molar-refractivity contribution >= 4 is 15.9 Å². The molecular formula is C13H27N3O3S. The van der Waals surface area contributed by atoms with Crippen LogP contribution >= 0.6 is 0 Å². The fourth-order valence-corrected chi connectivity index (χ4v) is 3.68. The molecule has 1 atom stereocenters. The molecule has 0 aromatic carbocycles. The van der Waals surface area contributed by atoms with E-state index >= 15 is 0 Å². The van der Waals surface area contributed by atoms with Crippen LogP contribution in [0.5, 0.6) is 0 Å². The van der Waals surface area contributed by atoms with Crippen LogP contribution in [0.2, 0.25) is 0 Å². The quantitative estimate of drug-likeness (QED) is 0.677. The Bertz CT molecular complexity index is 457. The minimum Gasteiger partial charge on any atom is -0.353 e. The first kappa shape index (κ1) is 17.4. The Morgan fingerprint density at radius 3 is 2.50 bits per heavy atom. The second-order valence-electron chi connectivity index (χ2n) is 6.96. The van der Waals surface area contributed by atoms with E-state index in [0.29, 0.717) is 0 Å². The maximum atomic E-state index is 12.3. The van der Waals surface area contributed by atoms with E-state index in [1.807, 2.05) is 0 Å². The molecule has 7 heteroatoms. The summed E-state index contributed by atoms with van der Waals surface area (Å²) in [5.74, 6) is -0.0712. The molecule has 20 heavy (non-hydrogen) atoms. The number of carbonyl (C=O) groups is 1. The standard InChI is InChI=1S/C13H27N3O3S/c1-12(2)7-6-8-14-10(12)11(17)15-9-13(3,4)16-20(5,18)19/h10,14,16H,6-9H2,1-5H3,(H,15,17). The fraction of sp³-hybridized carbons (Fsp3) is 0.923. The Labute approximate surface area is 122 Å². The predicted octanol–water partition coefficient (Wildman–Crippen LogP) is 0.209. The lowest BCUT2D eigenvalue weighted by atomic mass is 9.77. The first-order valence-electron chi connectivity index (χ1n) is 6.93. The van der Waals surface area contributed by atoms with E-state index in [1.165, 1.54) is 0 Å². The van der Waals surface area contributed by atoms with E-state index in [2.05, 4.69) is 29.2 Å². The van der Waals surface area contributed by atoms with Crippen molar-refractivity contribution in [2.24, 2.45) is 5.41 Å². The first-order chi connectivity index (χ1) is 8.93. The van der Waals surface area contributed by atoms with E-state index in [4.69, 9.17) is 0 Å². The third-order valence-corrected chi connectivity index (χ3v) is 4.48. The fourth-order valence-electron chi connectivity index (χ4n) is 2.61. The molecular weight excluding hydrogens is 278 g/mol. The third kappa shape index (κ3) is 5.38. The molecule has 1 heterocycles. The van der Waals surface area contributed by atoms with Crippen molar-refractivity contribution in [2.45, 2.75) is 52.1 Å². The van der Waals surface area contributed by atoms with Crippen molar-refractivity contribution in [3.63, 3.8) is 0 Å². The molecule has 1 rings (SSSR count). The summed E-state index contributed by atoms with van der Waals surface area (Å²) in [7, 11) is -3.29. The predicted molar refractivity (Wildman–Crippen MR) is 79.9 cm³/mol. The summed E-state index contributed by atoms with van der Waals surface area (Å²) in [5, 5.41) is 6.09. The lowest BCUT2D eigenvalue weighted by Gasteiger charge is -2.38. The zero-order valence-corrected chi connectivity index (χ0v) is 13.9. The van der Waals surface area contributed by atoms with Crippen molar-refractivity contribution in [1.82, 2.24) is 15.4 Å². The van der Waals surface area contributed by atoms with Gasteiger partial charge in [-0.3, -0.25) is 4.79 Å². The lowest BCUT2D eigenvalue weighted by molar-refractivity contribution is -0.127. The van der Waals surface area contributed by atoms with Crippen molar-refractivity contribution in [2.75, 3.05) is 19.3 Å². The van der Waals surface area contributed by atoms with Crippen molar-refractivity contribution in [1.29, 1.82) is 0 Å². The van der Waals surface area contributed by atoms with Crippen molar-refractivity contribution < 1.29 is 13.2 Å². The molecule has 0 radical (unpaired) electrons. The molecule has 3 N–H and O–H groups in total. The second-order valence-corrected chi connectivity index (χ2v) is 8.70. The Morgan fingerprint density at radius 2 is 2.00 bits per heavy atom. The van der Waals surface area contributed by atoms with E-state index < -0.39 is 15.6 Å². The summed E-state index contributed by atoms with van der Waals surface area (Å²) in [5.41, 5.74) is -0.793.